The molecule has 0 saturated carbocycles. The van der Waals surface area contributed by atoms with Crippen LogP contribution in [0, 0.1) is 6.92 Å². The zero-order chi connectivity index (χ0) is 22.7. The van der Waals surface area contributed by atoms with Gasteiger partial charge in [0.2, 0.25) is 11.9 Å². The van der Waals surface area contributed by atoms with E-state index in [2.05, 4.69) is 61.9 Å². The molecule has 1 atom stereocenters. The first kappa shape index (κ1) is 21.9. The Morgan fingerprint density at radius 2 is 1.59 bits per heavy atom. The number of benzene rings is 1. The number of aryl methyl sites for hydroxylation is 1. The second kappa shape index (κ2) is 9.44. The summed E-state index contributed by atoms with van der Waals surface area (Å²) in [5, 5.41) is 3.21. The molecule has 0 bridgehead atoms. The monoisotopic (exact) mass is 433 g/mol. The molecule has 2 aromatic heterocycles. The van der Waals surface area contributed by atoms with Crippen LogP contribution in [0.2, 0.25) is 0 Å². The quantitative estimate of drug-likeness (QED) is 0.605. The van der Waals surface area contributed by atoms with Crippen LogP contribution in [-0.2, 0) is 0 Å². The summed E-state index contributed by atoms with van der Waals surface area (Å²) in [4.78, 5) is 27.3. The van der Waals surface area contributed by atoms with E-state index < -0.39 is 0 Å². The van der Waals surface area contributed by atoms with Crippen LogP contribution in [0.1, 0.15) is 50.1 Å². The summed E-state index contributed by atoms with van der Waals surface area (Å²) in [6.07, 6.45) is 0. The number of nitrogens with zero attached hydrogens (tertiary/aromatic N) is 7. The molecule has 3 heterocycles. The topological polar surface area (TPSA) is 109 Å². The molecule has 0 radical (unpaired) electrons. The van der Waals surface area contributed by atoms with Gasteiger partial charge in [0.25, 0.3) is 0 Å². The van der Waals surface area contributed by atoms with Crippen LogP contribution in [0.25, 0.3) is 0 Å². The van der Waals surface area contributed by atoms with E-state index >= 15 is 0 Å². The number of para-hydroxylation sites is 1. The predicted molar refractivity (Wildman–Crippen MR) is 127 cm³/mol. The van der Waals surface area contributed by atoms with Crippen molar-refractivity contribution in [2.45, 2.75) is 39.7 Å². The van der Waals surface area contributed by atoms with Gasteiger partial charge in [0.15, 0.2) is 5.82 Å². The van der Waals surface area contributed by atoms with Crippen molar-refractivity contribution in [3.8, 4) is 0 Å². The third-order valence-electron chi connectivity index (χ3n) is 5.63. The first-order chi connectivity index (χ1) is 15.4. The van der Waals surface area contributed by atoms with E-state index in [0.717, 1.165) is 49.2 Å². The van der Waals surface area contributed by atoms with Crippen molar-refractivity contribution in [1.29, 1.82) is 0 Å². The lowest BCUT2D eigenvalue weighted by Gasteiger charge is -2.38. The lowest BCUT2D eigenvalue weighted by atomic mass is 10.2. The standard InChI is InChI=1S/C23H31N9/c1-15(2)20-25-16(3)14-19(27-20)32-12-10-31(11-13-32)17(4)21-28-22(24)30-23(29-21)26-18-8-6-5-7-9-18/h5-9,14-15,17H,10-13H2,1-4H3,(H3,24,26,28,29,30). The highest BCUT2D eigenvalue weighted by atomic mass is 15.3. The van der Waals surface area contributed by atoms with Gasteiger partial charge >= 0.3 is 0 Å². The number of nitrogens with one attached hydrogen (secondary N) is 1. The highest BCUT2D eigenvalue weighted by Crippen LogP contribution is 2.24. The van der Waals surface area contributed by atoms with E-state index in [1.54, 1.807) is 0 Å². The molecule has 0 aliphatic carbocycles. The Hall–Kier alpha value is -3.33. The van der Waals surface area contributed by atoms with Crippen LogP contribution in [0.5, 0.6) is 0 Å². The van der Waals surface area contributed by atoms with Crippen LogP contribution in [0.4, 0.5) is 23.4 Å². The average Bonchev–Trinajstić information content (AvgIpc) is 2.78. The molecule has 1 saturated heterocycles. The lowest BCUT2D eigenvalue weighted by Crippen LogP contribution is -2.47. The van der Waals surface area contributed by atoms with E-state index in [-0.39, 0.29) is 12.0 Å². The second-order valence-electron chi connectivity index (χ2n) is 8.45. The summed E-state index contributed by atoms with van der Waals surface area (Å²) in [6.45, 7) is 11.9. The van der Waals surface area contributed by atoms with Crippen LogP contribution < -0.4 is 16.0 Å². The van der Waals surface area contributed by atoms with Gasteiger partial charge in [-0.1, -0.05) is 32.0 Å². The molecule has 9 nitrogen and oxygen atoms in total. The fraction of sp³-hybridized carbons (Fsp3) is 0.435. The van der Waals surface area contributed by atoms with Gasteiger partial charge in [-0.15, -0.1) is 0 Å². The Kier molecular flexibility index (Phi) is 6.45. The molecule has 1 aliphatic rings. The molecule has 168 valence electrons. The number of nitrogens with two attached hydrogens (primary N) is 1. The van der Waals surface area contributed by atoms with Crippen LogP contribution in [0.3, 0.4) is 0 Å². The van der Waals surface area contributed by atoms with E-state index in [1.165, 1.54) is 0 Å². The number of rotatable bonds is 6. The van der Waals surface area contributed by atoms with Gasteiger partial charge in [0.1, 0.15) is 11.6 Å². The minimum absolute atomic E-state index is 0.0251. The summed E-state index contributed by atoms with van der Waals surface area (Å²) in [5.74, 6) is 3.56. The SMILES string of the molecule is Cc1cc(N2CCN(C(C)c3nc(N)nc(Nc4ccccc4)n3)CC2)nc(C(C)C)n1. The summed E-state index contributed by atoms with van der Waals surface area (Å²) in [6, 6.07) is 11.9. The molecule has 9 heteroatoms. The van der Waals surface area contributed by atoms with Crippen molar-refractivity contribution in [1.82, 2.24) is 29.8 Å². The molecule has 0 amide bonds. The number of aromatic nitrogens is 5. The Morgan fingerprint density at radius 1 is 0.875 bits per heavy atom. The van der Waals surface area contributed by atoms with E-state index in [4.69, 9.17) is 10.7 Å². The van der Waals surface area contributed by atoms with Gasteiger partial charge in [-0.2, -0.15) is 15.0 Å². The third kappa shape index (κ3) is 5.11. The number of piperazine rings is 1. The van der Waals surface area contributed by atoms with Crippen molar-refractivity contribution in [2.75, 3.05) is 42.1 Å². The van der Waals surface area contributed by atoms with Gasteiger partial charge in [0.05, 0.1) is 6.04 Å². The van der Waals surface area contributed by atoms with Crippen molar-refractivity contribution in [2.24, 2.45) is 0 Å². The van der Waals surface area contributed by atoms with Crippen molar-refractivity contribution < 1.29 is 0 Å². The van der Waals surface area contributed by atoms with E-state index in [0.29, 0.717) is 17.7 Å². The fourth-order valence-corrected chi connectivity index (χ4v) is 3.80. The molecular formula is C23H31N9. The fourth-order valence-electron chi connectivity index (χ4n) is 3.80. The second-order valence-corrected chi connectivity index (χ2v) is 8.45. The minimum atomic E-state index is 0.0251. The maximum atomic E-state index is 5.99. The predicted octanol–water partition coefficient (Wildman–Crippen LogP) is 3.30. The molecule has 32 heavy (non-hydrogen) atoms. The van der Waals surface area contributed by atoms with Gasteiger partial charge in [-0.3, -0.25) is 4.90 Å². The summed E-state index contributed by atoms with van der Waals surface area (Å²) in [5.41, 5.74) is 7.90. The van der Waals surface area contributed by atoms with Crippen molar-refractivity contribution in [3.63, 3.8) is 0 Å². The molecule has 1 fully saturated rings. The smallest absolute Gasteiger partial charge is 0.232 e. The largest absolute Gasteiger partial charge is 0.368 e. The maximum absolute atomic E-state index is 5.99. The van der Waals surface area contributed by atoms with E-state index in [9.17, 15) is 0 Å². The Balaban J connectivity index is 1.44. The molecule has 1 aromatic carbocycles. The molecular weight excluding hydrogens is 402 g/mol. The van der Waals surface area contributed by atoms with Gasteiger partial charge < -0.3 is 16.0 Å². The minimum Gasteiger partial charge on any atom is -0.368 e. The van der Waals surface area contributed by atoms with Gasteiger partial charge in [0, 0.05) is 49.5 Å². The van der Waals surface area contributed by atoms with Crippen LogP contribution in [0.15, 0.2) is 36.4 Å². The number of anilines is 4. The molecule has 1 aliphatic heterocycles. The van der Waals surface area contributed by atoms with Gasteiger partial charge in [-0.25, -0.2) is 9.97 Å². The van der Waals surface area contributed by atoms with Gasteiger partial charge in [-0.05, 0) is 26.0 Å². The van der Waals surface area contributed by atoms with E-state index in [1.807, 2.05) is 37.3 Å². The lowest BCUT2D eigenvalue weighted by molar-refractivity contribution is 0.191. The Labute approximate surface area is 189 Å². The third-order valence-corrected chi connectivity index (χ3v) is 5.63. The maximum Gasteiger partial charge on any atom is 0.232 e. The summed E-state index contributed by atoms with van der Waals surface area (Å²) < 4.78 is 0. The zero-order valence-corrected chi connectivity index (χ0v) is 19.2. The summed E-state index contributed by atoms with van der Waals surface area (Å²) >= 11 is 0. The van der Waals surface area contributed by atoms with Crippen LogP contribution in [-0.4, -0.2) is 56.0 Å². The van der Waals surface area contributed by atoms with Crippen LogP contribution >= 0.6 is 0 Å². The first-order valence-electron chi connectivity index (χ1n) is 11.1. The molecule has 3 N–H and O–H groups in total. The Morgan fingerprint density at radius 3 is 2.28 bits per heavy atom. The molecule has 1 unspecified atom stereocenters. The van der Waals surface area contributed by atoms with Crippen molar-refractivity contribution >= 4 is 23.4 Å². The number of hydrogen-bond donors (Lipinski definition) is 2. The number of nitrogen functional groups attached to an aromatic ring is 1. The number of hydrogen-bond acceptors (Lipinski definition) is 9. The normalized spacial score (nSPS) is 15.7. The highest BCUT2D eigenvalue weighted by molar-refractivity contribution is 5.53. The molecule has 0 spiro atoms. The summed E-state index contributed by atoms with van der Waals surface area (Å²) in [7, 11) is 0. The van der Waals surface area contributed by atoms with Crippen molar-refractivity contribution in [3.05, 3.63) is 53.7 Å². The zero-order valence-electron chi connectivity index (χ0n) is 19.2. The first-order valence-corrected chi connectivity index (χ1v) is 11.1. The molecule has 4 rings (SSSR count). The highest BCUT2D eigenvalue weighted by Gasteiger charge is 2.25. The molecule has 3 aromatic rings. The average molecular weight is 434 g/mol. The Bertz CT molecular complexity index is 1050.